The van der Waals surface area contributed by atoms with E-state index in [2.05, 4.69) is 95.3 Å². The molecule has 374 valence electrons. The van der Waals surface area contributed by atoms with Crippen molar-refractivity contribution in [2.75, 3.05) is 0 Å². The highest BCUT2D eigenvalue weighted by Crippen LogP contribution is 2.55. The van der Waals surface area contributed by atoms with E-state index >= 15 is 0 Å². The van der Waals surface area contributed by atoms with Crippen LogP contribution in [0.2, 0.25) is 0 Å². The number of carbonyl (C=O) groups is 2. The summed E-state index contributed by atoms with van der Waals surface area (Å²) in [6.45, 7) is 13.7. The van der Waals surface area contributed by atoms with Gasteiger partial charge in [0.15, 0.2) is 0 Å². The van der Waals surface area contributed by atoms with Crippen LogP contribution in [0.5, 0.6) is 0 Å². The number of rotatable bonds is 31. The van der Waals surface area contributed by atoms with E-state index in [9.17, 15) is 9.59 Å². The molecule has 0 atom stereocenters. The maximum absolute atomic E-state index is 13.3. The lowest BCUT2D eigenvalue weighted by atomic mass is 9.87. The zero-order valence-corrected chi connectivity index (χ0v) is 47.1. The van der Waals surface area contributed by atoms with Crippen molar-refractivity contribution in [3.63, 3.8) is 0 Å². The van der Waals surface area contributed by atoms with Crippen molar-refractivity contribution >= 4 is 93.7 Å². The van der Waals surface area contributed by atoms with Crippen molar-refractivity contribution < 1.29 is 9.59 Å². The van der Waals surface area contributed by atoms with Gasteiger partial charge in [-0.1, -0.05) is 212 Å². The van der Waals surface area contributed by atoms with Gasteiger partial charge in [0, 0.05) is 29.3 Å². The predicted octanol–water partition coefficient (Wildman–Crippen LogP) is 21.7. The predicted molar refractivity (Wildman–Crippen MR) is 314 cm³/mol. The third kappa shape index (κ3) is 12.8. The summed E-state index contributed by atoms with van der Waals surface area (Å²) in [5.41, 5.74) is 6.93. The Morgan fingerprint density at radius 1 is 0.443 bits per heavy atom. The minimum absolute atomic E-state index is 0.0181. The van der Waals surface area contributed by atoms with E-state index in [1.165, 1.54) is 240 Å². The molecule has 0 N–H and O–H groups in total. The largest absolute Gasteiger partial charge is 0.281 e. The molecule has 0 bridgehead atoms. The number of thiophene rings is 2. The number of benzene rings is 4. The lowest BCUT2D eigenvalue weighted by Crippen LogP contribution is -2.13. The fourth-order valence-corrected chi connectivity index (χ4v) is 15.9. The molecule has 6 aromatic rings. The summed E-state index contributed by atoms with van der Waals surface area (Å²) >= 11 is 6.30. The number of hydrogen-bond acceptors (Lipinski definition) is 6. The fraction of sp³-hybridized carbons (Fsp3) is 0.531. The normalized spacial score (nSPS) is 14.4. The molecule has 2 aliphatic rings. The van der Waals surface area contributed by atoms with Crippen molar-refractivity contribution in [2.45, 2.75) is 220 Å². The van der Waals surface area contributed by atoms with E-state index < -0.39 is 0 Å². The maximum Gasteiger partial charge on any atom is 0.225 e. The third-order valence-electron chi connectivity index (χ3n) is 15.7. The molecule has 0 aliphatic carbocycles. The van der Waals surface area contributed by atoms with E-state index in [1.807, 2.05) is 18.3 Å². The molecule has 0 unspecified atom stereocenters. The summed E-state index contributed by atoms with van der Waals surface area (Å²) in [6, 6.07) is 24.1. The smallest absolute Gasteiger partial charge is 0.225 e. The van der Waals surface area contributed by atoms with Gasteiger partial charge in [-0.15, -0.1) is 22.7 Å². The average Bonchev–Trinajstić information content (AvgIpc) is 4.15. The van der Waals surface area contributed by atoms with Crippen LogP contribution in [-0.2, 0) is 27.8 Å². The zero-order valence-electron chi connectivity index (χ0n) is 43.8. The highest BCUT2D eigenvalue weighted by atomic mass is 32.2. The van der Waals surface area contributed by atoms with Crippen LogP contribution in [0.1, 0.15) is 223 Å². The molecular weight excluding hydrogens is 929 g/mol. The number of fused-ring (bicyclic) bond motifs is 1. The number of unbranched alkanes of at least 4 members (excludes halogenated alkanes) is 22. The summed E-state index contributed by atoms with van der Waals surface area (Å²) in [4.78, 5) is 33.6. The van der Waals surface area contributed by atoms with Crippen LogP contribution in [0, 0.1) is 0 Å². The molecule has 2 aliphatic heterocycles. The number of carbonyl (C=O) groups excluding carboxylic acids is 2. The molecule has 70 heavy (non-hydrogen) atoms. The number of aryl methyl sites for hydroxylation is 2. The van der Waals surface area contributed by atoms with Crippen molar-refractivity contribution in [1.82, 2.24) is 0 Å². The minimum atomic E-state index is 0.0181. The second-order valence-electron chi connectivity index (χ2n) is 21.6. The Morgan fingerprint density at radius 2 is 0.829 bits per heavy atom. The van der Waals surface area contributed by atoms with Crippen LogP contribution in [0.25, 0.3) is 58.1 Å². The van der Waals surface area contributed by atoms with Gasteiger partial charge in [-0.25, -0.2) is 0 Å². The van der Waals surface area contributed by atoms with Gasteiger partial charge in [-0.05, 0) is 147 Å². The standard InChI is InChI=1S/C64H82O2S4/c1-7-10-12-14-16-18-20-22-24-26-28-30-32-49-42-53(61-58-55(62(65)70-61)44(4)67-63(58)66)68-59(49)51-38-45-34-36-47-40-52(41-48-37-35-46(39-51)56(45)57(47)48)60-50(43-54(69-60)64(5,6)9-3)33-31-29-27-25-23-21-19-17-15-13-11-8-2/h34-43H,7-33H2,1-6H3. The van der Waals surface area contributed by atoms with Crippen molar-refractivity contribution in [1.29, 1.82) is 0 Å². The van der Waals surface area contributed by atoms with Gasteiger partial charge >= 0.3 is 0 Å². The lowest BCUT2D eigenvalue weighted by molar-refractivity contribution is -0.109. The van der Waals surface area contributed by atoms with Crippen LogP contribution in [-0.4, -0.2) is 10.2 Å². The van der Waals surface area contributed by atoms with Crippen molar-refractivity contribution in [2.24, 2.45) is 0 Å². The summed E-state index contributed by atoms with van der Waals surface area (Å²) in [5.74, 6) is 0. The van der Waals surface area contributed by atoms with Gasteiger partial charge in [0.05, 0.1) is 11.1 Å². The molecule has 6 heteroatoms. The lowest BCUT2D eigenvalue weighted by Gasteiger charge is -2.20. The molecule has 0 spiro atoms. The minimum Gasteiger partial charge on any atom is -0.281 e. The molecule has 2 nitrogen and oxygen atoms in total. The molecular formula is C64H82O2S4. The summed E-state index contributed by atoms with van der Waals surface area (Å²) < 4.78 is 0. The first-order valence-corrected chi connectivity index (χ1v) is 31.3. The van der Waals surface area contributed by atoms with E-state index in [1.54, 1.807) is 11.3 Å². The van der Waals surface area contributed by atoms with E-state index in [-0.39, 0.29) is 15.6 Å². The quantitative estimate of drug-likeness (QED) is 0.0321. The zero-order chi connectivity index (χ0) is 49.0. The van der Waals surface area contributed by atoms with Gasteiger partial charge in [-0.2, -0.15) is 0 Å². The first kappa shape index (κ1) is 53.1. The number of allylic oxidation sites excluding steroid dienone is 1. The molecule has 0 saturated carbocycles. The average molecular weight is 1010 g/mol. The van der Waals surface area contributed by atoms with Crippen LogP contribution in [0.3, 0.4) is 0 Å². The van der Waals surface area contributed by atoms with Crippen LogP contribution >= 0.6 is 46.2 Å². The Hall–Kier alpha value is -3.16. The molecule has 0 amide bonds. The summed E-state index contributed by atoms with van der Waals surface area (Å²) in [7, 11) is 0. The first-order chi connectivity index (χ1) is 34.1. The van der Waals surface area contributed by atoms with Crippen LogP contribution in [0.15, 0.2) is 76.7 Å². The Balaban J connectivity index is 1.01. The highest BCUT2D eigenvalue weighted by molar-refractivity contribution is 8.24. The number of hydrogen-bond donors (Lipinski definition) is 0. The maximum atomic E-state index is 13.3. The van der Waals surface area contributed by atoms with Gasteiger partial charge in [-0.3, -0.25) is 9.59 Å². The molecule has 0 fully saturated rings. The van der Waals surface area contributed by atoms with E-state index in [4.69, 9.17) is 0 Å². The topological polar surface area (TPSA) is 34.1 Å². The summed E-state index contributed by atoms with van der Waals surface area (Å²) in [6.07, 6.45) is 35.8. The Morgan fingerprint density at radius 3 is 1.26 bits per heavy atom. The van der Waals surface area contributed by atoms with Gasteiger partial charge in [0.2, 0.25) is 10.2 Å². The van der Waals surface area contributed by atoms with Crippen LogP contribution in [0.4, 0.5) is 0 Å². The molecule has 0 radical (unpaired) electrons. The fourth-order valence-electron chi connectivity index (χ4n) is 11.1. The van der Waals surface area contributed by atoms with E-state index in [0.29, 0.717) is 11.1 Å². The molecule has 4 heterocycles. The molecule has 2 aromatic heterocycles. The van der Waals surface area contributed by atoms with Crippen molar-refractivity contribution in [3.8, 4) is 20.9 Å². The Labute approximate surface area is 439 Å². The molecule has 8 rings (SSSR count). The highest BCUT2D eigenvalue weighted by Gasteiger charge is 2.41. The van der Waals surface area contributed by atoms with E-state index in [0.717, 1.165) is 40.4 Å². The number of thioether (sulfide) groups is 2. The SMILES string of the molecule is CCCCCCCCCCCCCCc1cc(C2=C3C(=O)SC(C)=C3C(=O)S2)sc1-c1cc2ccc3cc(-c4sc(C(C)(C)CC)cc4CCCCCCCCCCCCCC)cc4ccc(c1)c2c34. The van der Waals surface area contributed by atoms with Gasteiger partial charge in [0.1, 0.15) is 0 Å². The first-order valence-electron chi connectivity index (χ1n) is 28.0. The second kappa shape index (κ2) is 25.7. The molecule has 0 saturated heterocycles. The van der Waals surface area contributed by atoms with Gasteiger partial charge < -0.3 is 0 Å². The van der Waals surface area contributed by atoms with Gasteiger partial charge in [0.25, 0.3) is 0 Å². The second-order valence-corrected chi connectivity index (χ2v) is 25.9. The third-order valence-corrected chi connectivity index (χ3v) is 20.6. The Kier molecular flexibility index (Phi) is 19.5. The summed E-state index contributed by atoms with van der Waals surface area (Å²) in [5, 5.41) is 7.93. The van der Waals surface area contributed by atoms with Crippen molar-refractivity contribution in [3.05, 3.63) is 97.6 Å². The Bertz CT molecular complexity index is 2710. The monoisotopic (exact) mass is 1010 g/mol. The molecule has 4 aromatic carbocycles. The van der Waals surface area contributed by atoms with Crippen LogP contribution < -0.4 is 0 Å².